The zero-order valence-electron chi connectivity index (χ0n) is 20.1. The highest BCUT2D eigenvalue weighted by molar-refractivity contribution is 5.89. The monoisotopic (exact) mass is 427 g/mol. The number of hydrogen-bond donors (Lipinski definition) is 2. The van der Waals surface area contributed by atoms with Crippen LogP contribution in [0.3, 0.4) is 0 Å². The van der Waals surface area contributed by atoms with Crippen molar-refractivity contribution in [1.82, 2.24) is 15.5 Å². The lowest BCUT2D eigenvalue weighted by atomic mass is 9.85. The van der Waals surface area contributed by atoms with E-state index >= 15 is 0 Å². The number of hydrogen-bond acceptors (Lipinski definition) is 6. The SMILES string of the molecule is CCOC(=O)COC/C(C)=C/C(C(C)C)N(C)C(=O)C(NC(=O)CNC)C(C)(C)C. The highest BCUT2D eigenvalue weighted by Gasteiger charge is 2.36. The van der Waals surface area contributed by atoms with E-state index in [1.165, 1.54) is 0 Å². The molecule has 8 heteroatoms. The molecular weight excluding hydrogens is 386 g/mol. The Morgan fingerprint density at radius 3 is 2.20 bits per heavy atom. The smallest absolute Gasteiger partial charge is 0.332 e. The van der Waals surface area contributed by atoms with Gasteiger partial charge in [-0.25, -0.2) is 4.79 Å². The van der Waals surface area contributed by atoms with E-state index < -0.39 is 17.4 Å². The molecule has 0 rings (SSSR count). The van der Waals surface area contributed by atoms with Crippen LogP contribution in [0.4, 0.5) is 0 Å². The van der Waals surface area contributed by atoms with E-state index in [0.717, 1.165) is 5.57 Å². The fourth-order valence-electron chi connectivity index (χ4n) is 2.96. The Hall–Kier alpha value is -1.93. The van der Waals surface area contributed by atoms with Crippen LogP contribution in [0, 0.1) is 11.3 Å². The van der Waals surface area contributed by atoms with Gasteiger partial charge in [-0.15, -0.1) is 0 Å². The molecule has 2 atom stereocenters. The van der Waals surface area contributed by atoms with Gasteiger partial charge < -0.3 is 25.0 Å². The molecule has 0 aromatic heterocycles. The Morgan fingerprint density at radius 1 is 1.13 bits per heavy atom. The number of carbonyl (C=O) groups is 3. The van der Waals surface area contributed by atoms with Crippen molar-refractivity contribution >= 4 is 17.8 Å². The van der Waals surface area contributed by atoms with Gasteiger partial charge in [0.05, 0.1) is 25.8 Å². The molecule has 0 radical (unpaired) electrons. The summed E-state index contributed by atoms with van der Waals surface area (Å²) in [7, 11) is 3.44. The van der Waals surface area contributed by atoms with E-state index in [0.29, 0.717) is 6.61 Å². The second-order valence-corrected chi connectivity index (χ2v) is 8.89. The van der Waals surface area contributed by atoms with Crippen molar-refractivity contribution in [2.75, 3.05) is 40.5 Å². The van der Waals surface area contributed by atoms with Crippen LogP contribution in [0.2, 0.25) is 0 Å². The topological polar surface area (TPSA) is 97.0 Å². The molecule has 0 aliphatic heterocycles. The first-order valence-corrected chi connectivity index (χ1v) is 10.5. The standard InChI is InChI=1S/C22H41N3O5/c1-10-30-19(27)14-29-13-16(4)11-17(15(2)3)25(9)21(28)20(22(5,6)7)24-18(26)12-23-8/h11,15,17,20,23H,10,12-14H2,1-9H3,(H,24,26)/b16-11+. The van der Waals surface area contributed by atoms with Gasteiger partial charge in [-0.1, -0.05) is 40.7 Å². The van der Waals surface area contributed by atoms with Gasteiger partial charge in [0.1, 0.15) is 12.6 Å². The van der Waals surface area contributed by atoms with Gasteiger partial charge in [0, 0.05) is 7.05 Å². The first-order chi connectivity index (χ1) is 13.8. The number of likely N-dealkylation sites (N-methyl/N-ethyl adjacent to an activating group) is 2. The highest BCUT2D eigenvalue weighted by Crippen LogP contribution is 2.23. The third-order valence-electron chi connectivity index (χ3n) is 4.54. The molecule has 0 saturated heterocycles. The molecular formula is C22H41N3O5. The van der Waals surface area contributed by atoms with Crippen molar-refractivity contribution in [3.63, 3.8) is 0 Å². The molecule has 2 amide bonds. The van der Waals surface area contributed by atoms with E-state index in [4.69, 9.17) is 9.47 Å². The number of amides is 2. The van der Waals surface area contributed by atoms with Crippen molar-refractivity contribution in [3.8, 4) is 0 Å². The minimum Gasteiger partial charge on any atom is -0.464 e. The number of carbonyl (C=O) groups excluding carboxylic acids is 3. The molecule has 174 valence electrons. The van der Waals surface area contributed by atoms with Crippen LogP contribution in [-0.2, 0) is 23.9 Å². The van der Waals surface area contributed by atoms with Crippen LogP contribution in [0.5, 0.6) is 0 Å². The molecule has 0 aromatic rings. The molecule has 2 unspecified atom stereocenters. The lowest BCUT2D eigenvalue weighted by molar-refractivity contribution is -0.148. The summed E-state index contributed by atoms with van der Waals surface area (Å²) in [6.45, 7) is 14.1. The molecule has 0 aromatic carbocycles. The van der Waals surface area contributed by atoms with E-state index in [1.807, 2.05) is 47.6 Å². The maximum Gasteiger partial charge on any atom is 0.332 e. The van der Waals surface area contributed by atoms with Gasteiger partial charge in [0.15, 0.2) is 0 Å². The summed E-state index contributed by atoms with van der Waals surface area (Å²) in [6.07, 6.45) is 1.98. The Morgan fingerprint density at radius 2 is 1.73 bits per heavy atom. The van der Waals surface area contributed by atoms with Crippen molar-refractivity contribution in [3.05, 3.63) is 11.6 Å². The molecule has 0 fully saturated rings. The second kappa shape index (κ2) is 13.4. The zero-order valence-corrected chi connectivity index (χ0v) is 20.1. The van der Waals surface area contributed by atoms with Crippen LogP contribution in [0.25, 0.3) is 0 Å². The summed E-state index contributed by atoms with van der Waals surface area (Å²) in [5.41, 5.74) is 0.460. The molecule has 0 spiro atoms. The maximum absolute atomic E-state index is 13.3. The fourth-order valence-corrected chi connectivity index (χ4v) is 2.96. The van der Waals surface area contributed by atoms with Crippen LogP contribution in [0.1, 0.15) is 48.5 Å². The average Bonchev–Trinajstić information content (AvgIpc) is 2.62. The highest BCUT2D eigenvalue weighted by atomic mass is 16.6. The van der Waals surface area contributed by atoms with Crippen molar-refractivity contribution in [2.45, 2.75) is 60.5 Å². The maximum atomic E-state index is 13.3. The minimum atomic E-state index is -0.654. The molecule has 0 aliphatic rings. The molecule has 8 nitrogen and oxygen atoms in total. The number of nitrogens with one attached hydrogen (secondary N) is 2. The normalized spacial score (nSPS) is 14.3. The molecule has 0 bridgehead atoms. The third-order valence-corrected chi connectivity index (χ3v) is 4.54. The molecule has 0 heterocycles. The summed E-state index contributed by atoms with van der Waals surface area (Å²) in [5.74, 6) is -0.627. The predicted octanol–water partition coefficient (Wildman–Crippen LogP) is 1.75. The van der Waals surface area contributed by atoms with Crippen molar-refractivity contribution < 1.29 is 23.9 Å². The first-order valence-electron chi connectivity index (χ1n) is 10.5. The van der Waals surface area contributed by atoms with Crippen LogP contribution >= 0.6 is 0 Å². The third kappa shape index (κ3) is 10.2. The number of ether oxygens (including phenoxy) is 2. The summed E-state index contributed by atoms with van der Waals surface area (Å²) in [5, 5.41) is 5.66. The summed E-state index contributed by atoms with van der Waals surface area (Å²) in [6, 6.07) is -0.840. The Labute approximate surface area is 181 Å². The number of esters is 1. The first kappa shape index (κ1) is 28.1. The number of rotatable bonds is 12. The zero-order chi connectivity index (χ0) is 23.5. The van der Waals surface area contributed by atoms with Crippen LogP contribution in [-0.4, -0.2) is 75.2 Å². The lowest BCUT2D eigenvalue weighted by Crippen LogP contribution is -2.57. The van der Waals surface area contributed by atoms with Gasteiger partial charge in [0.25, 0.3) is 0 Å². The van der Waals surface area contributed by atoms with Crippen molar-refractivity contribution in [1.29, 1.82) is 0 Å². The summed E-state index contributed by atoms with van der Waals surface area (Å²) >= 11 is 0. The summed E-state index contributed by atoms with van der Waals surface area (Å²) in [4.78, 5) is 38.5. The minimum absolute atomic E-state index is 0.107. The Balaban J connectivity index is 5.33. The second-order valence-electron chi connectivity index (χ2n) is 8.89. The average molecular weight is 428 g/mol. The van der Waals surface area contributed by atoms with E-state index in [1.54, 1.807) is 25.9 Å². The van der Waals surface area contributed by atoms with Gasteiger partial charge >= 0.3 is 5.97 Å². The van der Waals surface area contributed by atoms with Gasteiger partial charge in [-0.2, -0.15) is 0 Å². The van der Waals surface area contributed by atoms with Gasteiger partial charge in [-0.05, 0) is 37.8 Å². The quantitative estimate of drug-likeness (QED) is 0.364. The van der Waals surface area contributed by atoms with Crippen molar-refractivity contribution in [2.24, 2.45) is 11.3 Å². The van der Waals surface area contributed by atoms with E-state index in [-0.39, 0.29) is 43.5 Å². The summed E-state index contributed by atoms with van der Waals surface area (Å²) < 4.78 is 10.2. The van der Waals surface area contributed by atoms with Crippen LogP contribution in [0.15, 0.2) is 11.6 Å². The molecule has 2 N–H and O–H groups in total. The molecule has 0 saturated carbocycles. The van der Waals surface area contributed by atoms with Gasteiger partial charge in [-0.3, -0.25) is 9.59 Å². The van der Waals surface area contributed by atoms with Gasteiger partial charge in [0.2, 0.25) is 11.8 Å². The van der Waals surface area contributed by atoms with Crippen LogP contribution < -0.4 is 10.6 Å². The lowest BCUT2D eigenvalue weighted by Gasteiger charge is -2.37. The predicted molar refractivity (Wildman–Crippen MR) is 118 cm³/mol. The Bertz CT molecular complexity index is 596. The fraction of sp³-hybridized carbons (Fsp3) is 0.773. The molecule has 0 aliphatic carbocycles. The molecule has 30 heavy (non-hydrogen) atoms. The Kier molecular flexibility index (Phi) is 12.5. The van der Waals surface area contributed by atoms with E-state index in [2.05, 4.69) is 10.6 Å². The largest absolute Gasteiger partial charge is 0.464 e. The number of nitrogens with zero attached hydrogens (tertiary/aromatic N) is 1. The van der Waals surface area contributed by atoms with E-state index in [9.17, 15) is 14.4 Å².